The minimum absolute atomic E-state index is 0.00633. The SMILES string of the molecule is O=C(N[C@H]1CCS(=O)(=O)C1)c1nc(C2CC2)n(-c2ccccc2)n1. The summed E-state index contributed by atoms with van der Waals surface area (Å²) in [6.45, 7) is 0. The van der Waals surface area contributed by atoms with E-state index in [1.807, 2.05) is 30.3 Å². The molecular weight excluding hydrogens is 328 g/mol. The van der Waals surface area contributed by atoms with E-state index in [1.54, 1.807) is 4.68 Å². The Morgan fingerprint density at radius 1 is 1.17 bits per heavy atom. The van der Waals surface area contributed by atoms with Gasteiger partial charge in [0.1, 0.15) is 5.82 Å². The molecule has 1 aliphatic heterocycles. The molecule has 1 aromatic heterocycles. The third kappa shape index (κ3) is 3.06. The number of sulfone groups is 1. The Kier molecular flexibility index (Phi) is 3.64. The van der Waals surface area contributed by atoms with Crippen LogP contribution in [0.2, 0.25) is 0 Å². The largest absolute Gasteiger partial charge is 0.345 e. The van der Waals surface area contributed by atoms with Gasteiger partial charge in [-0.3, -0.25) is 4.79 Å². The van der Waals surface area contributed by atoms with Gasteiger partial charge in [0.05, 0.1) is 17.2 Å². The Morgan fingerprint density at radius 3 is 2.54 bits per heavy atom. The van der Waals surface area contributed by atoms with Crippen LogP contribution in [0.25, 0.3) is 5.69 Å². The van der Waals surface area contributed by atoms with Gasteiger partial charge in [0.2, 0.25) is 5.82 Å². The molecule has 0 bridgehead atoms. The van der Waals surface area contributed by atoms with Crippen molar-refractivity contribution in [3.63, 3.8) is 0 Å². The molecule has 1 atom stereocenters. The minimum atomic E-state index is -3.03. The lowest BCUT2D eigenvalue weighted by molar-refractivity contribution is 0.0930. The highest BCUT2D eigenvalue weighted by atomic mass is 32.2. The minimum Gasteiger partial charge on any atom is -0.345 e. The zero-order valence-electron chi connectivity index (χ0n) is 13.1. The number of hydrogen-bond donors (Lipinski definition) is 1. The van der Waals surface area contributed by atoms with Crippen molar-refractivity contribution >= 4 is 15.7 Å². The summed E-state index contributed by atoms with van der Waals surface area (Å²) in [6.07, 6.45) is 2.55. The first-order chi connectivity index (χ1) is 11.5. The molecule has 7 nitrogen and oxygen atoms in total. The highest BCUT2D eigenvalue weighted by molar-refractivity contribution is 7.91. The smallest absolute Gasteiger partial charge is 0.291 e. The molecule has 0 unspecified atom stereocenters. The Bertz CT molecular complexity index is 872. The molecule has 2 fully saturated rings. The van der Waals surface area contributed by atoms with Gasteiger partial charge in [-0.05, 0) is 31.4 Å². The normalized spacial score (nSPS) is 22.4. The van der Waals surface area contributed by atoms with Gasteiger partial charge in [-0.25, -0.2) is 18.1 Å². The molecule has 2 heterocycles. The number of carbonyl (C=O) groups excluding carboxylic acids is 1. The number of aromatic nitrogens is 3. The van der Waals surface area contributed by atoms with E-state index in [2.05, 4.69) is 15.4 Å². The monoisotopic (exact) mass is 346 g/mol. The summed E-state index contributed by atoms with van der Waals surface area (Å²) in [7, 11) is -3.03. The van der Waals surface area contributed by atoms with Crippen LogP contribution in [0, 0.1) is 0 Å². The van der Waals surface area contributed by atoms with Crippen molar-refractivity contribution in [2.75, 3.05) is 11.5 Å². The fraction of sp³-hybridized carbons (Fsp3) is 0.438. The van der Waals surface area contributed by atoms with E-state index in [1.165, 1.54) is 0 Å². The molecule has 1 amide bonds. The topological polar surface area (TPSA) is 94.0 Å². The molecule has 8 heteroatoms. The van der Waals surface area contributed by atoms with Crippen LogP contribution in [0.3, 0.4) is 0 Å². The molecule has 4 rings (SSSR count). The average Bonchev–Trinajstić information content (AvgIpc) is 3.21. The molecule has 1 aromatic carbocycles. The highest BCUT2D eigenvalue weighted by Gasteiger charge is 2.33. The molecular formula is C16H18N4O3S. The second-order valence-electron chi connectivity index (χ2n) is 6.39. The molecule has 0 spiro atoms. The Morgan fingerprint density at radius 2 is 1.92 bits per heavy atom. The molecule has 0 radical (unpaired) electrons. The van der Waals surface area contributed by atoms with Crippen LogP contribution in [0.5, 0.6) is 0 Å². The van der Waals surface area contributed by atoms with Gasteiger partial charge in [0, 0.05) is 12.0 Å². The summed E-state index contributed by atoms with van der Waals surface area (Å²) < 4.78 is 24.7. The number of para-hydroxylation sites is 1. The number of nitrogens with one attached hydrogen (secondary N) is 1. The van der Waals surface area contributed by atoms with E-state index in [4.69, 9.17) is 0 Å². The number of nitrogens with zero attached hydrogens (tertiary/aromatic N) is 3. The van der Waals surface area contributed by atoms with Gasteiger partial charge in [-0.1, -0.05) is 18.2 Å². The second-order valence-corrected chi connectivity index (χ2v) is 8.62. The Labute approximate surface area is 140 Å². The molecule has 1 saturated carbocycles. The number of rotatable bonds is 4. The molecule has 1 N–H and O–H groups in total. The summed E-state index contributed by atoms with van der Waals surface area (Å²) in [4.78, 5) is 16.8. The van der Waals surface area contributed by atoms with E-state index in [0.29, 0.717) is 12.3 Å². The predicted octanol–water partition coefficient (Wildman–Crippen LogP) is 1.06. The first-order valence-corrected chi connectivity index (χ1v) is 9.88. The third-order valence-electron chi connectivity index (χ3n) is 4.35. The van der Waals surface area contributed by atoms with E-state index in [0.717, 1.165) is 24.4 Å². The van der Waals surface area contributed by atoms with E-state index >= 15 is 0 Å². The van der Waals surface area contributed by atoms with Crippen LogP contribution in [0.4, 0.5) is 0 Å². The fourth-order valence-corrected chi connectivity index (χ4v) is 4.62. The van der Waals surface area contributed by atoms with E-state index < -0.39 is 15.7 Å². The Balaban J connectivity index is 1.58. The maximum Gasteiger partial charge on any atom is 0.291 e. The van der Waals surface area contributed by atoms with Crippen LogP contribution in [0.1, 0.15) is 41.6 Å². The third-order valence-corrected chi connectivity index (χ3v) is 6.11. The maximum absolute atomic E-state index is 12.4. The molecule has 126 valence electrons. The number of carbonyl (C=O) groups is 1. The van der Waals surface area contributed by atoms with Gasteiger partial charge >= 0.3 is 0 Å². The lowest BCUT2D eigenvalue weighted by Crippen LogP contribution is -2.36. The summed E-state index contributed by atoms with van der Waals surface area (Å²) in [5, 5.41) is 7.11. The molecule has 1 saturated heterocycles. The van der Waals surface area contributed by atoms with Gasteiger partial charge < -0.3 is 5.32 Å². The first-order valence-electron chi connectivity index (χ1n) is 8.05. The van der Waals surface area contributed by atoms with Crippen molar-refractivity contribution < 1.29 is 13.2 Å². The molecule has 2 aromatic rings. The lowest BCUT2D eigenvalue weighted by atomic mass is 10.2. The van der Waals surface area contributed by atoms with Crippen molar-refractivity contribution in [2.45, 2.75) is 31.2 Å². The van der Waals surface area contributed by atoms with Crippen LogP contribution in [0.15, 0.2) is 30.3 Å². The van der Waals surface area contributed by atoms with Crippen LogP contribution < -0.4 is 5.32 Å². The van der Waals surface area contributed by atoms with Crippen molar-refractivity contribution in [1.29, 1.82) is 0 Å². The van der Waals surface area contributed by atoms with Crippen LogP contribution >= 0.6 is 0 Å². The van der Waals surface area contributed by atoms with Crippen molar-refractivity contribution in [3.8, 4) is 5.69 Å². The van der Waals surface area contributed by atoms with Gasteiger partial charge in [0.15, 0.2) is 9.84 Å². The maximum atomic E-state index is 12.4. The second kappa shape index (κ2) is 5.70. The summed E-state index contributed by atoms with van der Waals surface area (Å²) in [5.74, 6) is 0.945. The number of amides is 1. The highest BCUT2D eigenvalue weighted by Crippen LogP contribution is 2.39. The van der Waals surface area contributed by atoms with Crippen molar-refractivity contribution in [1.82, 2.24) is 20.1 Å². The van der Waals surface area contributed by atoms with Crippen LogP contribution in [-0.4, -0.2) is 46.6 Å². The van der Waals surface area contributed by atoms with E-state index in [-0.39, 0.29) is 23.4 Å². The molecule has 24 heavy (non-hydrogen) atoms. The number of hydrogen-bond acceptors (Lipinski definition) is 5. The first kappa shape index (κ1) is 15.3. The molecule has 1 aliphatic carbocycles. The quantitative estimate of drug-likeness (QED) is 0.893. The van der Waals surface area contributed by atoms with Crippen molar-refractivity contribution in [2.24, 2.45) is 0 Å². The van der Waals surface area contributed by atoms with Gasteiger partial charge in [-0.2, -0.15) is 0 Å². The standard InChI is InChI=1S/C16H18N4O3S/c21-16(17-12-8-9-24(22,23)10-12)14-18-15(11-6-7-11)20(19-14)13-4-2-1-3-5-13/h1-5,11-12H,6-10H2,(H,17,21)/t12-/m0/s1. The predicted molar refractivity (Wildman–Crippen MR) is 87.9 cm³/mol. The molecule has 2 aliphatic rings. The summed E-state index contributed by atoms with van der Waals surface area (Å²) in [6, 6.07) is 9.24. The van der Waals surface area contributed by atoms with Gasteiger partial charge in [0.25, 0.3) is 5.91 Å². The van der Waals surface area contributed by atoms with Crippen molar-refractivity contribution in [3.05, 3.63) is 42.0 Å². The Hall–Kier alpha value is -2.22. The zero-order chi connectivity index (χ0) is 16.7. The number of benzene rings is 1. The summed E-state index contributed by atoms with van der Waals surface area (Å²) in [5.41, 5.74) is 0.870. The van der Waals surface area contributed by atoms with E-state index in [9.17, 15) is 13.2 Å². The van der Waals surface area contributed by atoms with Crippen LogP contribution in [-0.2, 0) is 9.84 Å². The average molecular weight is 346 g/mol. The summed E-state index contributed by atoms with van der Waals surface area (Å²) >= 11 is 0. The fourth-order valence-electron chi connectivity index (χ4n) is 2.94. The van der Waals surface area contributed by atoms with Gasteiger partial charge in [-0.15, -0.1) is 5.10 Å². The zero-order valence-corrected chi connectivity index (χ0v) is 13.9. The lowest BCUT2D eigenvalue weighted by Gasteiger charge is -2.08.